The first-order valence-electron chi connectivity index (χ1n) is 5.16. The van der Waals surface area contributed by atoms with Gasteiger partial charge in [-0.15, -0.1) is 11.0 Å². The number of hydrogen-bond acceptors (Lipinski definition) is 4. The van der Waals surface area contributed by atoms with E-state index < -0.39 is 5.97 Å². The molecule has 0 radical (unpaired) electrons. The predicted octanol–water partition coefficient (Wildman–Crippen LogP) is 2.32. The average molecular weight is 278 g/mol. The van der Waals surface area contributed by atoms with E-state index in [1.54, 1.807) is 19.1 Å². The summed E-state index contributed by atoms with van der Waals surface area (Å²) in [5.74, 6) is 4.63. The molecule has 96 valence electrons. The van der Waals surface area contributed by atoms with Gasteiger partial charge in [-0.3, -0.25) is 0 Å². The van der Waals surface area contributed by atoms with Crippen LogP contribution in [0.25, 0.3) is 0 Å². The van der Waals surface area contributed by atoms with Crippen molar-refractivity contribution in [3.63, 3.8) is 0 Å². The van der Waals surface area contributed by atoms with Crippen molar-refractivity contribution in [3.8, 4) is 23.5 Å². The Labute approximate surface area is 113 Å². The van der Waals surface area contributed by atoms with Gasteiger partial charge in [0.15, 0.2) is 0 Å². The molecule has 1 aromatic heterocycles. The number of ether oxygens (including phenoxy) is 1. The van der Waals surface area contributed by atoms with Gasteiger partial charge in [-0.05, 0) is 19.1 Å². The number of carbonyl (C=O) groups is 1. The van der Waals surface area contributed by atoms with Gasteiger partial charge in [0, 0.05) is 11.6 Å². The molecule has 2 aromatic rings. The molecule has 0 amide bonds. The highest BCUT2D eigenvalue weighted by atomic mass is 35.5. The van der Waals surface area contributed by atoms with Crippen molar-refractivity contribution >= 4 is 17.6 Å². The SMILES string of the molecule is CC#Cc1ccc(Oc2[nH]nnc2C(=O)O)cc1Cl. The van der Waals surface area contributed by atoms with Crippen LogP contribution in [0.1, 0.15) is 23.0 Å². The van der Waals surface area contributed by atoms with Crippen molar-refractivity contribution in [2.24, 2.45) is 0 Å². The number of aromatic nitrogens is 3. The van der Waals surface area contributed by atoms with Crippen LogP contribution in [0, 0.1) is 11.8 Å². The lowest BCUT2D eigenvalue weighted by atomic mass is 10.2. The minimum Gasteiger partial charge on any atom is -0.476 e. The predicted molar refractivity (Wildman–Crippen MR) is 67.4 cm³/mol. The summed E-state index contributed by atoms with van der Waals surface area (Å²) < 4.78 is 5.33. The number of H-pyrrole nitrogens is 1. The van der Waals surface area contributed by atoms with Crippen LogP contribution in [-0.4, -0.2) is 26.5 Å². The van der Waals surface area contributed by atoms with E-state index in [-0.39, 0.29) is 11.6 Å². The van der Waals surface area contributed by atoms with Crippen LogP contribution in [0.2, 0.25) is 5.02 Å². The molecule has 1 heterocycles. The first-order valence-corrected chi connectivity index (χ1v) is 5.54. The maximum Gasteiger partial charge on any atom is 0.362 e. The lowest BCUT2D eigenvalue weighted by Gasteiger charge is -2.04. The lowest BCUT2D eigenvalue weighted by molar-refractivity contribution is 0.0687. The summed E-state index contributed by atoms with van der Waals surface area (Å²) in [6.07, 6.45) is 0. The van der Waals surface area contributed by atoms with Gasteiger partial charge in [0.25, 0.3) is 5.88 Å². The monoisotopic (exact) mass is 277 g/mol. The van der Waals surface area contributed by atoms with E-state index in [2.05, 4.69) is 27.3 Å². The normalized spacial score (nSPS) is 9.58. The van der Waals surface area contributed by atoms with Crippen LogP contribution < -0.4 is 4.74 Å². The molecule has 0 saturated carbocycles. The Morgan fingerprint density at radius 1 is 1.53 bits per heavy atom. The second-order valence-electron chi connectivity index (χ2n) is 3.41. The lowest BCUT2D eigenvalue weighted by Crippen LogP contribution is -1.99. The van der Waals surface area contributed by atoms with E-state index in [1.807, 2.05) is 0 Å². The fourth-order valence-corrected chi connectivity index (χ4v) is 1.56. The standard InChI is InChI=1S/C12H8ClN3O3/c1-2-3-7-4-5-8(6-9(7)13)19-11-10(12(17)18)14-16-15-11/h4-6H,1H3,(H,17,18)(H,14,15,16). The van der Waals surface area contributed by atoms with Crippen molar-refractivity contribution in [2.75, 3.05) is 0 Å². The molecule has 0 unspecified atom stereocenters. The van der Waals surface area contributed by atoms with E-state index in [0.29, 0.717) is 16.3 Å². The fourth-order valence-electron chi connectivity index (χ4n) is 1.34. The highest BCUT2D eigenvalue weighted by molar-refractivity contribution is 6.31. The highest BCUT2D eigenvalue weighted by Gasteiger charge is 2.17. The van der Waals surface area contributed by atoms with Crippen LogP contribution >= 0.6 is 11.6 Å². The molecule has 0 fully saturated rings. The van der Waals surface area contributed by atoms with Gasteiger partial charge in [-0.1, -0.05) is 22.7 Å². The van der Waals surface area contributed by atoms with Crippen LogP contribution in [0.15, 0.2) is 18.2 Å². The molecule has 0 aliphatic carbocycles. The summed E-state index contributed by atoms with van der Waals surface area (Å²) in [5.41, 5.74) is 0.367. The van der Waals surface area contributed by atoms with Crippen molar-refractivity contribution in [1.29, 1.82) is 0 Å². The first kappa shape index (κ1) is 12.9. The summed E-state index contributed by atoms with van der Waals surface area (Å²) in [4.78, 5) is 10.8. The molecule has 1 aromatic carbocycles. The summed E-state index contributed by atoms with van der Waals surface area (Å²) in [7, 11) is 0. The number of carboxylic acid groups (broad SMARTS) is 1. The van der Waals surface area contributed by atoms with E-state index in [9.17, 15) is 4.79 Å². The molecule has 6 nitrogen and oxygen atoms in total. The van der Waals surface area contributed by atoms with Gasteiger partial charge in [0.2, 0.25) is 5.69 Å². The number of benzene rings is 1. The van der Waals surface area contributed by atoms with Gasteiger partial charge in [0.05, 0.1) is 5.02 Å². The quantitative estimate of drug-likeness (QED) is 0.841. The zero-order valence-electron chi connectivity index (χ0n) is 9.77. The molecular weight excluding hydrogens is 270 g/mol. The van der Waals surface area contributed by atoms with E-state index >= 15 is 0 Å². The van der Waals surface area contributed by atoms with E-state index in [4.69, 9.17) is 21.4 Å². The Bertz CT molecular complexity index is 685. The van der Waals surface area contributed by atoms with E-state index in [1.165, 1.54) is 6.07 Å². The number of nitrogens with one attached hydrogen (secondary N) is 1. The largest absolute Gasteiger partial charge is 0.476 e. The van der Waals surface area contributed by atoms with Gasteiger partial charge in [-0.25, -0.2) is 9.89 Å². The third kappa shape index (κ3) is 2.84. The third-order valence-corrected chi connectivity index (χ3v) is 2.45. The van der Waals surface area contributed by atoms with E-state index in [0.717, 1.165) is 0 Å². The number of nitrogens with zero attached hydrogens (tertiary/aromatic N) is 2. The molecule has 2 N–H and O–H groups in total. The molecular formula is C12H8ClN3O3. The number of aromatic carboxylic acids is 1. The second kappa shape index (κ2) is 5.42. The number of aromatic amines is 1. The van der Waals surface area contributed by atoms with Gasteiger partial charge < -0.3 is 9.84 Å². The summed E-state index contributed by atoms with van der Waals surface area (Å²) in [5, 5.41) is 18.4. The molecule has 0 spiro atoms. The smallest absolute Gasteiger partial charge is 0.362 e. The third-order valence-electron chi connectivity index (χ3n) is 2.14. The highest BCUT2D eigenvalue weighted by Crippen LogP contribution is 2.26. The topological polar surface area (TPSA) is 88.1 Å². The van der Waals surface area contributed by atoms with Crippen molar-refractivity contribution in [3.05, 3.63) is 34.5 Å². The maximum atomic E-state index is 10.8. The van der Waals surface area contributed by atoms with Crippen molar-refractivity contribution in [1.82, 2.24) is 15.4 Å². The molecule has 7 heteroatoms. The molecule has 0 bridgehead atoms. The van der Waals surface area contributed by atoms with Crippen LogP contribution in [-0.2, 0) is 0 Å². The minimum atomic E-state index is -1.23. The first-order chi connectivity index (χ1) is 9.11. The van der Waals surface area contributed by atoms with Gasteiger partial charge in [0.1, 0.15) is 5.75 Å². The maximum absolute atomic E-state index is 10.8. The Morgan fingerprint density at radius 3 is 2.95 bits per heavy atom. The molecule has 0 aliphatic heterocycles. The molecule has 0 aliphatic rings. The summed E-state index contributed by atoms with van der Waals surface area (Å²) in [6.45, 7) is 1.70. The fraction of sp³-hybridized carbons (Fsp3) is 0.0833. The van der Waals surface area contributed by atoms with Crippen molar-refractivity contribution < 1.29 is 14.6 Å². The Kier molecular flexibility index (Phi) is 3.68. The minimum absolute atomic E-state index is 0.0575. The number of hydrogen-bond donors (Lipinski definition) is 2. The van der Waals surface area contributed by atoms with Crippen molar-refractivity contribution in [2.45, 2.75) is 6.92 Å². The molecule has 2 rings (SSSR count). The zero-order valence-corrected chi connectivity index (χ0v) is 10.5. The Balaban J connectivity index is 2.28. The Hall–Kier alpha value is -2.52. The van der Waals surface area contributed by atoms with Crippen LogP contribution in [0.5, 0.6) is 11.6 Å². The second-order valence-corrected chi connectivity index (χ2v) is 3.82. The molecule has 0 saturated heterocycles. The van der Waals surface area contributed by atoms with Gasteiger partial charge >= 0.3 is 5.97 Å². The van der Waals surface area contributed by atoms with Crippen LogP contribution in [0.4, 0.5) is 0 Å². The Morgan fingerprint density at radius 2 is 2.32 bits per heavy atom. The molecule has 19 heavy (non-hydrogen) atoms. The summed E-state index contributed by atoms with van der Waals surface area (Å²) in [6, 6.07) is 4.84. The molecule has 0 atom stereocenters. The average Bonchev–Trinajstić information content (AvgIpc) is 2.81. The number of halogens is 1. The van der Waals surface area contributed by atoms with Gasteiger partial charge in [-0.2, -0.15) is 0 Å². The summed E-state index contributed by atoms with van der Waals surface area (Å²) >= 11 is 6.01. The zero-order chi connectivity index (χ0) is 13.8. The number of carboxylic acids is 1. The van der Waals surface area contributed by atoms with Crippen LogP contribution in [0.3, 0.4) is 0 Å². The number of rotatable bonds is 3.